The van der Waals surface area contributed by atoms with E-state index in [9.17, 15) is 18.0 Å². The number of ether oxygens (including phenoxy) is 1. The molecule has 2 nitrogen and oxygen atoms in total. The maximum absolute atomic E-state index is 11.8. The van der Waals surface area contributed by atoms with E-state index in [1.165, 1.54) is 0 Å². The first-order chi connectivity index (χ1) is 4.96. The van der Waals surface area contributed by atoms with Gasteiger partial charge in [-0.2, -0.15) is 13.2 Å². The van der Waals surface area contributed by atoms with E-state index in [2.05, 4.69) is 4.74 Å². The van der Waals surface area contributed by atoms with E-state index in [1.807, 2.05) is 0 Å². The highest BCUT2D eigenvalue weighted by molar-refractivity contribution is 5.75. The largest absolute Gasteiger partial charge is 0.469 e. The number of hydrogen-bond donors (Lipinski definition) is 0. The molecule has 0 aromatic heterocycles. The zero-order valence-electron chi connectivity index (χ0n) is 5.81. The second-order valence-electron chi connectivity index (χ2n) is 2.51. The van der Waals surface area contributed by atoms with Crippen LogP contribution in [0.4, 0.5) is 13.2 Å². The van der Waals surface area contributed by atoms with Gasteiger partial charge in [0.1, 0.15) is 0 Å². The summed E-state index contributed by atoms with van der Waals surface area (Å²) >= 11 is 0. The fourth-order valence-corrected chi connectivity index (χ4v) is 0.969. The first-order valence-electron chi connectivity index (χ1n) is 3.11. The zero-order chi connectivity index (χ0) is 8.65. The molecule has 0 spiro atoms. The Balaban J connectivity index is 2.44. The van der Waals surface area contributed by atoms with E-state index in [4.69, 9.17) is 0 Å². The predicted octanol–water partition coefficient (Wildman–Crippen LogP) is 1.36. The number of rotatable bonds is 1. The number of hydrogen-bond acceptors (Lipinski definition) is 2. The third-order valence-corrected chi connectivity index (χ3v) is 1.71. The van der Waals surface area contributed by atoms with Gasteiger partial charge in [0.2, 0.25) is 0 Å². The summed E-state index contributed by atoms with van der Waals surface area (Å²) in [5.74, 6) is -3.16. The Hall–Kier alpha value is -0.740. The molecule has 1 fully saturated rings. The van der Waals surface area contributed by atoms with Crippen LogP contribution >= 0.6 is 0 Å². The smallest absolute Gasteiger partial charge is 0.392 e. The van der Waals surface area contributed by atoms with E-state index in [0.717, 1.165) is 7.11 Å². The third kappa shape index (κ3) is 1.64. The lowest BCUT2D eigenvalue weighted by molar-refractivity contribution is -0.161. The maximum atomic E-state index is 11.8. The molecule has 1 saturated carbocycles. The van der Waals surface area contributed by atoms with Crippen molar-refractivity contribution in [2.75, 3.05) is 7.11 Å². The lowest BCUT2D eigenvalue weighted by atomic mass is 10.3. The van der Waals surface area contributed by atoms with Crippen molar-refractivity contribution in [3.63, 3.8) is 0 Å². The van der Waals surface area contributed by atoms with E-state index in [1.54, 1.807) is 0 Å². The van der Waals surface area contributed by atoms with Crippen molar-refractivity contribution in [2.45, 2.75) is 12.6 Å². The van der Waals surface area contributed by atoms with Gasteiger partial charge in [0.25, 0.3) is 0 Å². The Morgan fingerprint density at radius 3 is 2.36 bits per heavy atom. The summed E-state index contributed by atoms with van der Waals surface area (Å²) in [4.78, 5) is 10.5. The molecule has 2 atom stereocenters. The van der Waals surface area contributed by atoms with Gasteiger partial charge in [0.15, 0.2) is 0 Å². The van der Waals surface area contributed by atoms with Gasteiger partial charge in [-0.15, -0.1) is 0 Å². The highest BCUT2D eigenvalue weighted by atomic mass is 19.4. The van der Waals surface area contributed by atoms with Crippen molar-refractivity contribution in [1.82, 2.24) is 0 Å². The molecule has 0 unspecified atom stereocenters. The summed E-state index contributed by atoms with van der Waals surface area (Å²) in [5, 5.41) is 0. The fourth-order valence-electron chi connectivity index (χ4n) is 0.969. The summed E-state index contributed by atoms with van der Waals surface area (Å²) in [7, 11) is 1.09. The van der Waals surface area contributed by atoms with Gasteiger partial charge in [0.05, 0.1) is 18.9 Å². The minimum Gasteiger partial charge on any atom is -0.469 e. The minimum atomic E-state index is -4.24. The molecule has 0 aromatic rings. The molecule has 5 heteroatoms. The molecule has 1 rings (SSSR count). The molecule has 0 heterocycles. The summed E-state index contributed by atoms with van der Waals surface area (Å²) in [6, 6.07) is 0. The van der Waals surface area contributed by atoms with E-state index in [-0.39, 0.29) is 6.42 Å². The van der Waals surface area contributed by atoms with Crippen LogP contribution in [-0.2, 0) is 9.53 Å². The van der Waals surface area contributed by atoms with Crippen LogP contribution in [0.3, 0.4) is 0 Å². The van der Waals surface area contributed by atoms with Crippen molar-refractivity contribution in [1.29, 1.82) is 0 Å². The Kier molecular flexibility index (Phi) is 1.82. The summed E-state index contributed by atoms with van der Waals surface area (Å²) in [6.45, 7) is 0. The van der Waals surface area contributed by atoms with Crippen molar-refractivity contribution < 1.29 is 22.7 Å². The first kappa shape index (κ1) is 8.36. The second-order valence-corrected chi connectivity index (χ2v) is 2.51. The number of methoxy groups -OCH3 is 1. The Bertz CT molecular complexity index is 175. The van der Waals surface area contributed by atoms with E-state index >= 15 is 0 Å². The SMILES string of the molecule is COC(=O)[C@H]1C[C@H]1C(F)(F)F. The number of esters is 1. The Labute approximate surface area is 61.3 Å². The Morgan fingerprint density at radius 1 is 1.55 bits per heavy atom. The van der Waals surface area contributed by atoms with Crippen LogP contribution in [-0.4, -0.2) is 19.3 Å². The molecule has 0 aromatic carbocycles. The summed E-state index contributed by atoms with van der Waals surface area (Å²) < 4.78 is 39.5. The van der Waals surface area contributed by atoms with Gasteiger partial charge in [-0.05, 0) is 6.42 Å². The number of carbonyl (C=O) groups is 1. The Morgan fingerprint density at radius 2 is 2.09 bits per heavy atom. The predicted molar refractivity (Wildman–Crippen MR) is 29.7 cm³/mol. The molecule has 64 valence electrons. The molecule has 0 saturated heterocycles. The monoisotopic (exact) mass is 168 g/mol. The van der Waals surface area contributed by atoms with Crippen LogP contribution in [0.2, 0.25) is 0 Å². The highest BCUT2D eigenvalue weighted by Gasteiger charge is 2.59. The molecule has 1 aliphatic rings. The topological polar surface area (TPSA) is 26.3 Å². The summed E-state index contributed by atoms with van der Waals surface area (Å²) in [6.07, 6.45) is -4.35. The average Bonchev–Trinajstić information content (AvgIpc) is 2.62. The van der Waals surface area contributed by atoms with Gasteiger partial charge < -0.3 is 4.74 Å². The molecular weight excluding hydrogens is 161 g/mol. The van der Waals surface area contributed by atoms with Gasteiger partial charge in [-0.1, -0.05) is 0 Å². The first-order valence-corrected chi connectivity index (χ1v) is 3.11. The highest BCUT2D eigenvalue weighted by Crippen LogP contribution is 2.50. The van der Waals surface area contributed by atoms with Crippen LogP contribution in [0.25, 0.3) is 0 Å². The molecule has 1 aliphatic carbocycles. The molecule has 0 bridgehead atoms. The van der Waals surface area contributed by atoms with Crippen LogP contribution in [0.15, 0.2) is 0 Å². The van der Waals surface area contributed by atoms with Crippen molar-refractivity contribution in [2.24, 2.45) is 11.8 Å². The molecule has 0 amide bonds. The van der Waals surface area contributed by atoms with Crippen molar-refractivity contribution in [3.05, 3.63) is 0 Å². The number of halogens is 3. The quantitative estimate of drug-likeness (QED) is 0.552. The molecule has 0 aliphatic heterocycles. The van der Waals surface area contributed by atoms with Crippen LogP contribution in [0, 0.1) is 11.8 Å². The number of carbonyl (C=O) groups excluding carboxylic acids is 1. The molecule has 0 N–H and O–H groups in total. The molecule has 0 radical (unpaired) electrons. The molecular formula is C6H7F3O2. The van der Waals surface area contributed by atoms with E-state index in [0.29, 0.717) is 0 Å². The molecule has 11 heavy (non-hydrogen) atoms. The van der Waals surface area contributed by atoms with Crippen molar-refractivity contribution in [3.8, 4) is 0 Å². The zero-order valence-corrected chi connectivity index (χ0v) is 5.81. The summed E-state index contributed by atoms with van der Waals surface area (Å²) in [5.41, 5.74) is 0. The van der Waals surface area contributed by atoms with Gasteiger partial charge in [-0.25, -0.2) is 0 Å². The van der Waals surface area contributed by atoms with Gasteiger partial charge in [0, 0.05) is 0 Å². The second kappa shape index (κ2) is 2.39. The normalized spacial score (nSPS) is 29.8. The third-order valence-electron chi connectivity index (χ3n) is 1.71. The van der Waals surface area contributed by atoms with Crippen LogP contribution < -0.4 is 0 Å². The van der Waals surface area contributed by atoms with Crippen molar-refractivity contribution >= 4 is 5.97 Å². The van der Waals surface area contributed by atoms with Crippen LogP contribution in [0.1, 0.15) is 6.42 Å². The minimum absolute atomic E-state index is 0.115. The van der Waals surface area contributed by atoms with Crippen LogP contribution in [0.5, 0.6) is 0 Å². The van der Waals surface area contributed by atoms with Gasteiger partial charge in [-0.3, -0.25) is 4.79 Å². The lowest BCUT2D eigenvalue weighted by Gasteiger charge is -2.03. The standard InChI is InChI=1S/C6H7F3O2/c1-11-5(10)3-2-4(3)6(7,8)9/h3-4H,2H2,1H3/t3-,4+/m0/s1. The average molecular weight is 168 g/mol. The maximum Gasteiger partial charge on any atom is 0.392 e. The number of alkyl halides is 3. The lowest BCUT2D eigenvalue weighted by Crippen LogP contribution is -2.15. The van der Waals surface area contributed by atoms with E-state index < -0.39 is 24.0 Å². The fraction of sp³-hybridized carbons (Fsp3) is 0.833. The van der Waals surface area contributed by atoms with Gasteiger partial charge >= 0.3 is 12.1 Å².